The van der Waals surface area contributed by atoms with Crippen LogP contribution in [-0.2, 0) is 4.79 Å². The first kappa shape index (κ1) is 15.9. The van der Waals surface area contributed by atoms with Crippen LogP contribution >= 0.6 is 12.4 Å². The Balaban J connectivity index is 0.00000256. The van der Waals surface area contributed by atoms with Crippen molar-refractivity contribution in [3.05, 3.63) is 30.3 Å². The van der Waals surface area contributed by atoms with Gasteiger partial charge in [-0.25, -0.2) is 0 Å². The Morgan fingerprint density at radius 1 is 1.35 bits per heavy atom. The van der Waals surface area contributed by atoms with Gasteiger partial charge in [0, 0.05) is 24.7 Å². The third kappa shape index (κ3) is 4.36. The van der Waals surface area contributed by atoms with Gasteiger partial charge in [-0.3, -0.25) is 4.79 Å². The maximum absolute atomic E-state index is 12.2. The van der Waals surface area contributed by atoms with Crippen LogP contribution in [0.15, 0.2) is 30.3 Å². The Bertz CT molecular complexity index is 329. The minimum absolute atomic E-state index is 0. The molecule has 0 saturated carbocycles. The molecule has 1 rings (SSSR count). The lowest BCUT2D eigenvalue weighted by Gasteiger charge is -2.24. The highest BCUT2D eigenvalue weighted by Crippen LogP contribution is 2.15. The largest absolute Gasteiger partial charge is 0.319 e. The molecular formula is C13H21ClN2O. The summed E-state index contributed by atoms with van der Waals surface area (Å²) >= 11 is 0. The fourth-order valence-corrected chi connectivity index (χ4v) is 1.73. The lowest BCUT2D eigenvalue weighted by molar-refractivity contribution is -0.121. The molecule has 0 spiro atoms. The Labute approximate surface area is 110 Å². The monoisotopic (exact) mass is 256 g/mol. The standard InChI is InChI=1S/C13H20N2O.ClH/c1-4-15(12-8-6-5-7-9-12)13(16)11(2)10-14-3;/h5-9,11,14H,4,10H2,1-3H3;1H. The summed E-state index contributed by atoms with van der Waals surface area (Å²) in [5.41, 5.74) is 0.970. The molecule has 0 aliphatic carbocycles. The van der Waals surface area contributed by atoms with Gasteiger partial charge in [0.25, 0.3) is 0 Å². The van der Waals surface area contributed by atoms with Crippen LogP contribution in [0, 0.1) is 5.92 Å². The molecule has 0 aliphatic heterocycles. The average Bonchev–Trinajstić information content (AvgIpc) is 2.31. The Morgan fingerprint density at radius 2 is 1.94 bits per heavy atom. The van der Waals surface area contributed by atoms with Crippen molar-refractivity contribution < 1.29 is 4.79 Å². The van der Waals surface area contributed by atoms with Crippen LogP contribution in [0.4, 0.5) is 5.69 Å². The normalized spacial score (nSPS) is 11.5. The predicted molar refractivity (Wildman–Crippen MR) is 74.8 cm³/mol. The molecule has 0 saturated heterocycles. The van der Waals surface area contributed by atoms with Gasteiger partial charge in [0.2, 0.25) is 5.91 Å². The van der Waals surface area contributed by atoms with Crippen molar-refractivity contribution in [2.75, 3.05) is 25.0 Å². The lowest BCUT2D eigenvalue weighted by atomic mass is 10.1. The number of rotatable bonds is 5. The van der Waals surface area contributed by atoms with E-state index in [1.54, 1.807) is 0 Å². The number of carbonyl (C=O) groups excluding carboxylic acids is 1. The summed E-state index contributed by atoms with van der Waals surface area (Å²) in [6.45, 7) is 5.36. The number of hydrogen-bond donors (Lipinski definition) is 1. The van der Waals surface area contributed by atoms with E-state index >= 15 is 0 Å². The number of benzene rings is 1. The van der Waals surface area contributed by atoms with E-state index in [4.69, 9.17) is 0 Å². The van der Waals surface area contributed by atoms with E-state index in [0.29, 0.717) is 13.1 Å². The first-order valence-electron chi connectivity index (χ1n) is 5.71. The van der Waals surface area contributed by atoms with Crippen molar-refractivity contribution in [1.82, 2.24) is 5.32 Å². The molecular weight excluding hydrogens is 236 g/mol. The summed E-state index contributed by atoms with van der Waals surface area (Å²) in [6.07, 6.45) is 0. The quantitative estimate of drug-likeness (QED) is 0.877. The third-order valence-electron chi connectivity index (χ3n) is 2.58. The smallest absolute Gasteiger partial charge is 0.231 e. The molecule has 0 bridgehead atoms. The van der Waals surface area contributed by atoms with Crippen molar-refractivity contribution in [2.45, 2.75) is 13.8 Å². The molecule has 1 aromatic rings. The van der Waals surface area contributed by atoms with E-state index < -0.39 is 0 Å². The summed E-state index contributed by atoms with van der Waals surface area (Å²) < 4.78 is 0. The number of anilines is 1. The van der Waals surface area contributed by atoms with Gasteiger partial charge in [-0.1, -0.05) is 25.1 Å². The fourth-order valence-electron chi connectivity index (χ4n) is 1.73. The fraction of sp³-hybridized carbons (Fsp3) is 0.462. The second-order valence-corrected chi connectivity index (χ2v) is 3.88. The molecule has 0 radical (unpaired) electrons. The number of nitrogens with one attached hydrogen (secondary N) is 1. The summed E-state index contributed by atoms with van der Waals surface area (Å²) in [5, 5.41) is 3.03. The van der Waals surface area contributed by atoms with Crippen molar-refractivity contribution in [3.63, 3.8) is 0 Å². The maximum Gasteiger partial charge on any atom is 0.231 e. The van der Waals surface area contributed by atoms with Crippen molar-refractivity contribution in [1.29, 1.82) is 0 Å². The van der Waals surface area contributed by atoms with E-state index in [1.807, 2.05) is 56.1 Å². The van der Waals surface area contributed by atoms with Gasteiger partial charge < -0.3 is 10.2 Å². The third-order valence-corrected chi connectivity index (χ3v) is 2.58. The number of amides is 1. The molecule has 1 unspecified atom stereocenters. The number of carbonyl (C=O) groups is 1. The number of para-hydroxylation sites is 1. The minimum atomic E-state index is 0. The SMILES string of the molecule is CCN(C(=O)C(C)CNC)c1ccccc1.Cl. The zero-order valence-corrected chi connectivity index (χ0v) is 11.5. The molecule has 0 aliphatic rings. The molecule has 1 amide bonds. The Hall–Kier alpha value is -1.06. The van der Waals surface area contributed by atoms with Crippen LogP contribution in [0.5, 0.6) is 0 Å². The van der Waals surface area contributed by atoms with Gasteiger partial charge in [-0.15, -0.1) is 12.4 Å². The molecule has 0 heterocycles. The van der Waals surface area contributed by atoms with Gasteiger partial charge in [0.05, 0.1) is 0 Å². The summed E-state index contributed by atoms with van der Waals surface area (Å²) in [4.78, 5) is 14.0. The van der Waals surface area contributed by atoms with Crippen molar-refractivity contribution in [2.24, 2.45) is 5.92 Å². The predicted octanol–water partition coefficient (Wildman–Crippen LogP) is 2.32. The molecule has 96 valence electrons. The second kappa shape index (κ2) is 8.09. The first-order chi connectivity index (χ1) is 7.70. The number of nitrogens with zero attached hydrogens (tertiary/aromatic N) is 1. The van der Waals surface area contributed by atoms with Gasteiger partial charge in [0.15, 0.2) is 0 Å². The second-order valence-electron chi connectivity index (χ2n) is 3.88. The zero-order valence-electron chi connectivity index (χ0n) is 10.6. The molecule has 17 heavy (non-hydrogen) atoms. The Kier molecular flexibility index (Phi) is 7.59. The summed E-state index contributed by atoms with van der Waals surface area (Å²) in [6, 6.07) is 9.79. The van der Waals surface area contributed by atoms with Gasteiger partial charge >= 0.3 is 0 Å². The van der Waals surface area contributed by atoms with Crippen molar-refractivity contribution in [3.8, 4) is 0 Å². The molecule has 1 aromatic carbocycles. The van der Waals surface area contributed by atoms with Gasteiger partial charge in [-0.2, -0.15) is 0 Å². The highest BCUT2D eigenvalue weighted by atomic mass is 35.5. The molecule has 1 atom stereocenters. The number of halogens is 1. The minimum Gasteiger partial charge on any atom is -0.319 e. The Morgan fingerprint density at radius 3 is 2.41 bits per heavy atom. The van der Waals surface area contributed by atoms with E-state index in [1.165, 1.54) is 0 Å². The molecule has 0 fully saturated rings. The van der Waals surface area contributed by atoms with Crippen LogP contribution < -0.4 is 10.2 Å². The number of hydrogen-bond acceptors (Lipinski definition) is 2. The molecule has 1 N–H and O–H groups in total. The van der Waals surface area contributed by atoms with Crippen LogP contribution in [0.1, 0.15) is 13.8 Å². The van der Waals surface area contributed by atoms with Gasteiger partial charge in [0.1, 0.15) is 0 Å². The summed E-state index contributed by atoms with van der Waals surface area (Å²) in [7, 11) is 1.86. The maximum atomic E-state index is 12.2. The van der Waals surface area contributed by atoms with Crippen LogP contribution in [0.25, 0.3) is 0 Å². The van der Waals surface area contributed by atoms with Crippen LogP contribution in [-0.4, -0.2) is 26.0 Å². The highest BCUT2D eigenvalue weighted by molar-refractivity contribution is 5.94. The highest BCUT2D eigenvalue weighted by Gasteiger charge is 2.19. The first-order valence-corrected chi connectivity index (χ1v) is 5.71. The zero-order chi connectivity index (χ0) is 12.0. The van der Waals surface area contributed by atoms with Crippen LogP contribution in [0.3, 0.4) is 0 Å². The molecule has 3 nitrogen and oxygen atoms in total. The molecule has 0 aromatic heterocycles. The lowest BCUT2D eigenvalue weighted by Crippen LogP contribution is -2.38. The van der Waals surface area contributed by atoms with Crippen molar-refractivity contribution >= 4 is 24.0 Å². The molecule has 4 heteroatoms. The van der Waals surface area contributed by atoms with E-state index in [2.05, 4.69) is 5.32 Å². The topological polar surface area (TPSA) is 32.3 Å². The van der Waals surface area contributed by atoms with Crippen LogP contribution in [0.2, 0.25) is 0 Å². The summed E-state index contributed by atoms with van der Waals surface area (Å²) in [5.74, 6) is 0.174. The van der Waals surface area contributed by atoms with E-state index in [-0.39, 0.29) is 24.2 Å². The van der Waals surface area contributed by atoms with E-state index in [0.717, 1.165) is 5.69 Å². The average molecular weight is 257 g/mol. The van der Waals surface area contributed by atoms with E-state index in [9.17, 15) is 4.79 Å². The van der Waals surface area contributed by atoms with Gasteiger partial charge in [-0.05, 0) is 26.1 Å².